The van der Waals surface area contributed by atoms with E-state index in [1.807, 2.05) is 27.7 Å². The molecular weight excluding hydrogens is 258 g/mol. The topological polar surface area (TPSA) is 65.4 Å². The smallest absolute Gasteiger partial charge is 0.408 e. The van der Waals surface area contributed by atoms with E-state index in [1.165, 1.54) is 0 Å². The molecule has 1 aromatic rings. The molecule has 0 radical (unpaired) electrons. The van der Waals surface area contributed by atoms with E-state index < -0.39 is 11.7 Å². The molecule has 112 valence electrons. The molecule has 1 saturated heterocycles. The first-order valence-corrected chi connectivity index (χ1v) is 6.96. The molecule has 1 amide bonds. The van der Waals surface area contributed by atoms with E-state index in [0.717, 1.165) is 18.7 Å². The van der Waals surface area contributed by atoms with Gasteiger partial charge in [-0.25, -0.2) is 9.78 Å². The van der Waals surface area contributed by atoms with Gasteiger partial charge >= 0.3 is 6.09 Å². The van der Waals surface area contributed by atoms with Crippen LogP contribution in [0.3, 0.4) is 0 Å². The molecule has 1 aliphatic rings. The van der Waals surface area contributed by atoms with Gasteiger partial charge < -0.3 is 19.4 Å². The zero-order valence-electron chi connectivity index (χ0n) is 12.5. The van der Waals surface area contributed by atoms with Gasteiger partial charge in [0.1, 0.15) is 5.60 Å². The predicted octanol–water partition coefficient (Wildman–Crippen LogP) is 2.43. The van der Waals surface area contributed by atoms with Gasteiger partial charge in [0.15, 0.2) is 0 Å². The highest BCUT2D eigenvalue weighted by Crippen LogP contribution is 2.23. The van der Waals surface area contributed by atoms with E-state index in [4.69, 9.17) is 9.47 Å². The van der Waals surface area contributed by atoms with Gasteiger partial charge in [0.05, 0.1) is 36.9 Å². The molecule has 1 fully saturated rings. The van der Waals surface area contributed by atoms with Crippen LogP contribution in [0.5, 0.6) is 0 Å². The zero-order valence-corrected chi connectivity index (χ0v) is 12.5. The molecule has 0 saturated carbocycles. The lowest BCUT2D eigenvalue weighted by Gasteiger charge is -2.23. The number of hydrogen-bond acceptors (Lipinski definition) is 4. The molecule has 0 aromatic carbocycles. The maximum Gasteiger partial charge on any atom is 0.408 e. The normalized spacial score (nSPS) is 20.7. The molecule has 1 aromatic heterocycles. The van der Waals surface area contributed by atoms with Crippen LogP contribution >= 0.6 is 0 Å². The van der Waals surface area contributed by atoms with Crippen molar-refractivity contribution < 1.29 is 14.3 Å². The van der Waals surface area contributed by atoms with Gasteiger partial charge in [-0.1, -0.05) is 0 Å². The van der Waals surface area contributed by atoms with Crippen molar-refractivity contribution in [1.82, 2.24) is 14.9 Å². The summed E-state index contributed by atoms with van der Waals surface area (Å²) < 4.78 is 12.7. The summed E-state index contributed by atoms with van der Waals surface area (Å²) in [4.78, 5) is 16.0. The van der Waals surface area contributed by atoms with Gasteiger partial charge in [-0.05, 0) is 34.1 Å². The Bertz CT molecular complexity index is 458. The Hall–Kier alpha value is -1.56. The minimum absolute atomic E-state index is 0.159. The standard InChI is InChI=1S/C14H23N3O3/c1-10(16-13(18)20-14(2,3)4)12-7-15-9-17(12)11-5-6-19-8-11/h7,9-11H,5-6,8H2,1-4H3,(H,16,18)/t10-,11?/m0/s1. The van der Waals surface area contributed by atoms with E-state index >= 15 is 0 Å². The highest BCUT2D eigenvalue weighted by molar-refractivity contribution is 5.68. The van der Waals surface area contributed by atoms with Crippen LogP contribution in [0.25, 0.3) is 0 Å². The molecule has 20 heavy (non-hydrogen) atoms. The van der Waals surface area contributed by atoms with Crippen LogP contribution in [0.1, 0.15) is 51.9 Å². The van der Waals surface area contributed by atoms with Crippen LogP contribution in [-0.4, -0.2) is 34.5 Å². The second kappa shape index (κ2) is 5.83. The second-order valence-corrected chi connectivity index (χ2v) is 6.11. The van der Waals surface area contributed by atoms with E-state index in [9.17, 15) is 4.79 Å². The fourth-order valence-corrected chi connectivity index (χ4v) is 2.26. The van der Waals surface area contributed by atoms with Crippen molar-refractivity contribution in [3.63, 3.8) is 0 Å². The van der Waals surface area contributed by atoms with Crippen molar-refractivity contribution in [2.45, 2.75) is 51.8 Å². The summed E-state index contributed by atoms with van der Waals surface area (Å²) in [6.45, 7) is 8.93. The van der Waals surface area contributed by atoms with Gasteiger partial charge in [0.2, 0.25) is 0 Å². The highest BCUT2D eigenvalue weighted by Gasteiger charge is 2.24. The Kier molecular flexibility index (Phi) is 4.32. The molecule has 1 unspecified atom stereocenters. The number of imidazole rings is 1. The Balaban J connectivity index is 2.00. The lowest BCUT2D eigenvalue weighted by Crippen LogP contribution is -2.34. The average Bonchev–Trinajstić information content (AvgIpc) is 2.97. The average molecular weight is 281 g/mol. The predicted molar refractivity (Wildman–Crippen MR) is 74.5 cm³/mol. The van der Waals surface area contributed by atoms with Crippen molar-refractivity contribution >= 4 is 6.09 Å². The van der Waals surface area contributed by atoms with Crippen molar-refractivity contribution in [2.75, 3.05) is 13.2 Å². The molecule has 1 N–H and O–H groups in total. The van der Waals surface area contributed by atoms with Crippen molar-refractivity contribution in [3.05, 3.63) is 18.2 Å². The Morgan fingerprint density at radius 1 is 1.60 bits per heavy atom. The largest absolute Gasteiger partial charge is 0.444 e. The lowest BCUT2D eigenvalue weighted by molar-refractivity contribution is 0.0505. The molecule has 0 aliphatic carbocycles. The third-order valence-electron chi connectivity index (χ3n) is 3.17. The first kappa shape index (κ1) is 14.8. The monoisotopic (exact) mass is 281 g/mol. The van der Waals surface area contributed by atoms with Crippen LogP contribution in [0, 0.1) is 0 Å². The molecule has 2 heterocycles. The molecule has 2 atom stereocenters. The molecule has 6 heteroatoms. The summed E-state index contributed by atoms with van der Waals surface area (Å²) >= 11 is 0. The van der Waals surface area contributed by atoms with Crippen LogP contribution in [-0.2, 0) is 9.47 Å². The van der Waals surface area contributed by atoms with E-state index in [2.05, 4.69) is 14.9 Å². The second-order valence-electron chi connectivity index (χ2n) is 6.11. The van der Waals surface area contributed by atoms with Gasteiger partial charge in [-0.2, -0.15) is 0 Å². The van der Waals surface area contributed by atoms with Crippen LogP contribution < -0.4 is 5.32 Å². The summed E-state index contributed by atoms with van der Waals surface area (Å²) in [6.07, 6.45) is 4.13. The number of rotatable bonds is 3. The van der Waals surface area contributed by atoms with Crippen molar-refractivity contribution in [2.24, 2.45) is 0 Å². The molecule has 1 aliphatic heterocycles. The van der Waals surface area contributed by atoms with Gasteiger partial charge in [0.25, 0.3) is 0 Å². The molecule has 6 nitrogen and oxygen atoms in total. The Morgan fingerprint density at radius 2 is 2.35 bits per heavy atom. The number of ether oxygens (including phenoxy) is 2. The van der Waals surface area contributed by atoms with E-state index in [0.29, 0.717) is 12.6 Å². The van der Waals surface area contributed by atoms with Crippen LogP contribution in [0.2, 0.25) is 0 Å². The minimum Gasteiger partial charge on any atom is -0.444 e. The first-order valence-electron chi connectivity index (χ1n) is 6.96. The molecule has 0 spiro atoms. The summed E-state index contributed by atoms with van der Waals surface area (Å²) in [6, 6.07) is 0.142. The van der Waals surface area contributed by atoms with E-state index in [-0.39, 0.29) is 6.04 Å². The summed E-state index contributed by atoms with van der Waals surface area (Å²) in [5, 5.41) is 2.84. The Morgan fingerprint density at radius 3 is 2.95 bits per heavy atom. The fraction of sp³-hybridized carbons (Fsp3) is 0.714. The lowest BCUT2D eigenvalue weighted by atomic mass is 10.2. The number of hydrogen-bond donors (Lipinski definition) is 1. The molecular formula is C14H23N3O3. The van der Waals surface area contributed by atoms with Gasteiger partial charge in [-0.3, -0.25) is 0 Å². The first-order chi connectivity index (χ1) is 9.37. The third-order valence-corrected chi connectivity index (χ3v) is 3.17. The molecule has 0 bridgehead atoms. The third kappa shape index (κ3) is 3.72. The number of carbonyl (C=O) groups excluding carboxylic acids is 1. The number of alkyl carbamates (subject to hydrolysis) is 1. The number of nitrogens with one attached hydrogen (secondary N) is 1. The maximum absolute atomic E-state index is 11.8. The highest BCUT2D eigenvalue weighted by atomic mass is 16.6. The summed E-state index contributed by atoms with van der Waals surface area (Å²) in [5.41, 5.74) is 0.468. The fourth-order valence-electron chi connectivity index (χ4n) is 2.26. The van der Waals surface area contributed by atoms with Crippen LogP contribution in [0.4, 0.5) is 4.79 Å². The van der Waals surface area contributed by atoms with Gasteiger partial charge in [-0.15, -0.1) is 0 Å². The molecule has 2 rings (SSSR count). The number of aromatic nitrogens is 2. The summed E-state index contributed by atoms with van der Waals surface area (Å²) in [5.74, 6) is 0. The summed E-state index contributed by atoms with van der Waals surface area (Å²) in [7, 11) is 0. The Labute approximate surface area is 119 Å². The number of nitrogens with zero attached hydrogens (tertiary/aromatic N) is 2. The minimum atomic E-state index is -0.497. The van der Waals surface area contributed by atoms with Gasteiger partial charge in [0, 0.05) is 6.61 Å². The number of amides is 1. The zero-order chi connectivity index (χ0) is 14.8. The van der Waals surface area contributed by atoms with Crippen LogP contribution in [0.15, 0.2) is 12.5 Å². The quantitative estimate of drug-likeness (QED) is 0.924. The maximum atomic E-state index is 11.8. The van der Waals surface area contributed by atoms with Crippen molar-refractivity contribution in [3.8, 4) is 0 Å². The van der Waals surface area contributed by atoms with E-state index in [1.54, 1.807) is 12.5 Å². The number of carbonyl (C=O) groups is 1. The van der Waals surface area contributed by atoms with Crippen molar-refractivity contribution in [1.29, 1.82) is 0 Å². The SMILES string of the molecule is C[C@H](NC(=O)OC(C)(C)C)c1cncn1C1CCOC1.